The molecular formula is C15H23BrN2. The van der Waals surface area contributed by atoms with Gasteiger partial charge in [-0.25, -0.2) is 0 Å². The molecule has 100 valence electrons. The van der Waals surface area contributed by atoms with Gasteiger partial charge < -0.3 is 5.73 Å². The molecule has 3 heteroatoms. The first-order valence-corrected chi connectivity index (χ1v) is 7.66. The predicted molar refractivity (Wildman–Crippen MR) is 80.6 cm³/mol. The normalized spacial score (nSPS) is 21.2. The quantitative estimate of drug-likeness (QED) is 0.924. The smallest absolute Gasteiger partial charge is 0.0234 e. The van der Waals surface area contributed by atoms with Gasteiger partial charge in [-0.3, -0.25) is 4.90 Å². The molecular weight excluding hydrogens is 288 g/mol. The Bertz CT molecular complexity index is 390. The van der Waals surface area contributed by atoms with Crippen LogP contribution in [0.1, 0.15) is 30.4 Å². The Morgan fingerprint density at radius 3 is 3.00 bits per heavy atom. The summed E-state index contributed by atoms with van der Waals surface area (Å²) in [4.78, 5) is 2.57. The SMILES string of the molecule is Cc1ccc(CN2CCCC(CCN)C2)cc1Br. The standard InChI is InChI=1S/C15H23BrN2/c1-12-4-5-14(9-15(12)16)11-18-8-2-3-13(10-18)6-7-17/h4-5,9,13H,2-3,6-8,10-11,17H2,1H3. The van der Waals surface area contributed by atoms with E-state index in [4.69, 9.17) is 5.73 Å². The molecule has 1 fully saturated rings. The highest BCUT2D eigenvalue weighted by Gasteiger charge is 2.19. The molecule has 2 N–H and O–H groups in total. The summed E-state index contributed by atoms with van der Waals surface area (Å²) in [6.45, 7) is 6.47. The van der Waals surface area contributed by atoms with E-state index in [0.717, 1.165) is 19.0 Å². The van der Waals surface area contributed by atoms with E-state index in [9.17, 15) is 0 Å². The van der Waals surface area contributed by atoms with Crippen LogP contribution in [-0.2, 0) is 6.54 Å². The Balaban J connectivity index is 1.93. The zero-order valence-electron chi connectivity index (χ0n) is 11.2. The number of nitrogens with zero attached hydrogens (tertiary/aromatic N) is 1. The van der Waals surface area contributed by atoms with Gasteiger partial charge in [-0.2, -0.15) is 0 Å². The van der Waals surface area contributed by atoms with Gasteiger partial charge in [0.15, 0.2) is 0 Å². The minimum Gasteiger partial charge on any atom is -0.330 e. The molecule has 1 aliphatic rings. The largest absolute Gasteiger partial charge is 0.330 e. The Labute approximate surface area is 119 Å². The van der Waals surface area contributed by atoms with Crippen LogP contribution >= 0.6 is 15.9 Å². The first kappa shape index (κ1) is 14.0. The van der Waals surface area contributed by atoms with E-state index in [0.29, 0.717) is 0 Å². The summed E-state index contributed by atoms with van der Waals surface area (Å²) in [6, 6.07) is 6.69. The summed E-state index contributed by atoms with van der Waals surface area (Å²) < 4.78 is 1.22. The second-order valence-electron chi connectivity index (χ2n) is 5.40. The van der Waals surface area contributed by atoms with Gasteiger partial charge in [-0.05, 0) is 62.4 Å². The summed E-state index contributed by atoms with van der Waals surface area (Å²) >= 11 is 3.61. The van der Waals surface area contributed by atoms with Gasteiger partial charge >= 0.3 is 0 Å². The molecule has 0 amide bonds. The van der Waals surface area contributed by atoms with Crippen molar-refractivity contribution in [3.05, 3.63) is 33.8 Å². The molecule has 0 saturated carbocycles. The fourth-order valence-corrected chi connectivity index (χ4v) is 3.19. The molecule has 1 atom stereocenters. The Morgan fingerprint density at radius 2 is 2.28 bits per heavy atom. The minimum atomic E-state index is 0.803. The highest BCUT2D eigenvalue weighted by molar-refractivity contribution is 9.10. The molecule has 0 spiro atoms. The van der Waals surface area contributed by atoms with Crippen LogP contribution in [0.5, 0.6) is 0 Å². The van der Waals surface area contributed by atoms with Crippen molar-refractivity contribution in [1.29, 1.82) is 0 Å². The first-order chi connectivity index (χ1) is 8.69. The maximum absolute atomic E-state index is 5.67. The van der Waals surface area contributed by atoms with E-state index < -0.39 is 0 Å². The van der Waals surface area contributed by atoms with Crippen LogP contribution in [0.25, 0.3) is 0 Å². The van der Waals surface area contributed by atoms with E-state index in [1.807, 2.05) is 0 Å². The lowest BCUT2D eigenvalue weighted by molar-refractivity contribution is 0.163. The predicted octanol–water partition coefficient (Wildman–Crippen LogP) is 3.32. The lowest BCUT2D eigenvalue weighted by Crippen LogP contribution is -2.35. The summed E-state index contributed by atoms with van der Waals surface area (Å²) in [5, 5.41) is 0. The first-order valence-electron chi connectivity index (χ1n) is 6.86. The number of halogens is 1. The monoisotopic (exact) mass is 310 g/mol. The van der Waals surface area contributed by atoms with E-state index in [2.05, 4.69) is 46.0 Å². The number of benzene rings is 1. The fourth-order valence-electron chi connectivity index (χ4n) is 2.76. The third-order valence-corrected chi connectivity index (χ3v) is 4.67. The Morgan fingerprint density at radius 1 is 1.44 bits per heavy atom. The lowest BCUT2D eigenvalue weighted by atomic mass is 9.94. The van der Waals surface area contributed by atoms with Crippen LogP contribution in [0, 0.1) is 12.8 Å². The number of rotatable bonds is 4. The summed E-state index contributed by atoms with van der Waals surface area (Å²) in [5.41, 5.74) is 8.38. The highest BCUT2D eigenvalue weighted by Crippen LogP contribution is 2.23. The summed E-state index contributed by atoms with van der Waals surface area (Å²) in [5.74, 6) is 0.803. The Hall–Kier alpha value is -0.380. The summed E-state index contributed by atoms with van der Waals surface area (Å²) in [7, 11) is 0. The van der Waals surface area contributed by atoms with Crippen molar-refractivity contribution in [3.63, 3.8) is 0 Å². The van der Waals surface area contributed by atoms with Gasteiger partial charge in [-0.15, -0.1) is 0 Å². The zero-order valence-corrected chi connectivity index (χ0v) is 12.7. The molecule has 1 aliphatic heterocycles. The maximum Gasteiger partial charge on any atom is 0.0234 e. The van der Waals surface area contributed by atoms with Gasteiger partial charge in [0.05, 0.1) is 0 Å². The molecule has 1 unspecified atom stereocenters. The topological polar surface area (TPSA) is 29.3 Å². The average molecular weight is 311 g/mol. The second kappa shape index (κ2) is 6.69. The number of likely N-dealkylation sites (tertiary alicyclic amines) is 1. The highest BCUT2D eigenvalue weighted by atomic mass is 79.9. The van der Waals surface area contributed by atoms with Crippen molar-refractivity contribution >= 4 is 15.9 Å². The molecule has 0 aliphatic carbocycles. The van der Waals surface area contributed by atoms with Gasteiger partial charge in [0, 0.05) is 17.6 Å². The van der Waals surface area contributed by atoms with Gasteiger partial charge in [0.1, 0.15) is 0 Å². The van der Waals surface area contributed by atoms with E-state index >= 15 is 0 Å². The van der Waals surface area contributed by atoms with Crippen molar-refractivity contribution in [2.45, 2.75) is 32.7 Å². The van der Waals surface area contributed by atoms with Crippen LogP contribution in [-0.4, -0.2) is 24.5 Å². The molecule has 1 heterocycles. The third kappa shape index (κ3) is 3.81. The van der Waals surface area contributed by atoms with E-state index in [1.54, 1.807) is 0 Å². The van der Waals surface area contributed by atoms with Gasteiger partial charge in [0.25, 0.3) is 0 Å². The van der Waals surface area contributed by atoms with Crippen molar-refractivity contribution in [1.82, 2.24) is 4.90 Å². The number of piperidine rings is 1. The molecule has 2 nitrogen and oxygen atoms in total. The third-order valence-electron chi connectivity index (χ3n) is 3.82. The molecule has 1 saturated heterocycles. The van der Waals surface area contributed by atoms with Crippen LogP contribution < -0.4 is 5.73 Å². The van der Waals surface area contributed by atoms with E-state index in [-0.39, 0.29) is 0 Å². The van der Waals surface area contributed by atoms with Crippen molar-refractivity contribution in [3.8, 4) is 0 Å². The van der Waals surface area contributed by atoms with Crippen molar-refractivity contribution < 1.29 is 0 Å². The number of nitrogens with two attached hydrogens (primary N) is 1. The van der Waals surface area contributed by atoms with Crippen LogP contribution in [0.15, 0.2) is 22.7 Å². The zero-order chi connectivity index (χ0) is 13.0. The minimum absolute atomic E-state index is 0.803. The molecule has 0 aromatic heterocycles. The molecule has 1 aromatic rings. The van der Waals surface area contributed by atoms with Crippen molar-refractivity contribution in [2.75, 3.05) is 19.6 Å². The number of hydrogen-bond donors (Lipinski definition) is 1. The van der Waals surface area contributed by atoms with Crippen LogP contribution in [0.2, 0.25) is 0 Å². The lowest BCUT2D eigenvalue weighted by Gasteiger charge is -2.32. The summed E-state index contributed by atoms with van der Waals surface area (Å²) in [6.07, 6.45) is 3.84. The van der Waals surface area contributed by atoms with Crippen molar-refractivity contribution in [2.24, 2.45) is 11.7 Å². The van der Waals surface area contributed by atoms with Gasteiger partial charge in [-0.1, -0.05) is 28.1 Å². The molecule has 0 radical (unpaired) electrons. The van der Waals surface area contributed by atoms with Crippen LogP contribution in [0.4, 0.5) is 0 Å². The van der Waals surface area contributed by atoms with Gasteiger partial charge in [0.2, 0.25) is 0 Å². The fraction of sp³-hybridized carbons (Fsp3) is 0.600. The van der Waals surface area contributed by atoms with E-state index in [1.165, 1.54) is 48.0 Å². The molecule has 2 rings (SSSR count). The van der Waals surface area contributed by atoms with Crippen LogP contribution in [0.3, 0.4) is 0 Å². The average Bonchev–Trinajstić information content (AvgIpc) is 2.35. The molecule has 0 bridgehead atoms. The number of hydrogen-bond acceptors (Lipinski definition) is 2. The number of aryl methyl sites for hydroxylation is 1. The maximum atomic E-state index is 5.67. The Kier molecular flexibility index (Phi) is 5.22. The molecule has 1 aromatic carbocycles. The molecule has 18 heavy (non-hydrogen) atoms. The second-order valence-corrected chi connectivity index (χ2v) is 6.26.